The number of benzene rings is 2. The van der Waals surface area contributed by atoms with Crippen molar-refractivity contribution in [2.24, 2.45) is 5.92 Å². The molecular formula is C26H32N2O. The summed E-state index contributed by atoms with van der Waals surface area (Å²) in [6.45, 7) is 7.94. The number of carbonyl (C=O) groups is 1. The molecule has 3 nitrogen and oxygen atoms in total. The number of likely N-dealkylation sites (tertiary alicyclic amines) is 1. The zero-order valence-corrected chi connectivity index (χ0v) is 17.9. The van der Waals surface area contributed by atoms with Crippen LogP contribution in [0.25, 0.3) is 0 Å². The van der Waals surface area contributed by atoms with Gasteiger partial charge in [-0.3, -0.25) is 9.69 Å². The van der Waals surface area contributed by atoms with Gasteiger partial charge in [0.2, 0.25) is 0 Å². The molecule has 0 unspecified atom stereocenters. The van der Waals surface area contributed by atoms with E-state index in [-0.39, 0.29) is 11.5 Å². The number of nitrogens with zero attached hydrogens (tertiary/aromatic N) is 1. The van der Waals surface area contributed by atoms with Crippen LogP contribution in [-0.2, 0) is 11.8 Å². The summed E-state index contributed by atoms with van der Waals surface area (Å²) in [4.78, 5) is 15.9. The molecule has 3 aliphatic rings. The van der Waals surface area contributed by atoms with E-state index in [2.05, 4.69) is 73.5 Å². The fourth-order valence-corrected chi connectivity index (χ4v) is 5.62. The van der Waals surface area contributed by atoms with E-state index in [1.54, 1.807) is 0 Å². The zero-order valence-electron chi connectivity index (χ0n) is 17.9. The highest BCUT2D eigenvalue weighted by atomic mass is 16.1. The third-order valence-corrected chi connectivity index (χ3v) is 7.69. The highest BCUT2D eigenvalue weighted by molar-refractivity contribution is 6.04. The lowest BCUT2D eigenvalue weighted by atomic mass is 9.58. The molecule has 1 N–H and O–H groups in total. The minimum Gasteiger partial charge on any atom is -0.356 e. The first kappa shape index (κ1) is 18.9. The summed E-state index contributed by atoms with van der Waals surface area (Å²) < 4.78 is 0. The van der Waals surface area contributed by atoms with Gasteiger partial charge in [0.1, 0.15) is 0 Å². The van der Waals surface area contributed by atoms with Gasteiger partial charge in [-0.05, 0) is 78.5 Å². The van der Waals surface area contributed by atoms with Crippen LogP contribution in [0.5, 0.6) is 0 Å². The number of anilines is 2. The third-order valence-electron chi connectivity index (χ3n) is 7.69. The van der Waals surface area contributed by atoms with Crippen LogP contribution in [0.4, 0.5) is 11.4 Å². The molecule has 1 saturated carbocycles. The van der Waals surface area contributed by atoms with Crippen molar-refractivity contribution in [1.29, 1.82) is 0 Å². The number of rotatable bonds is 5. The van der Waals surface area contributed by atoms with Gasteiger partial charge in [-0.25, -0.2) is 0 Å². The fraction of sp³-hybridized carbons (Fsp3) is 0.500. The molecule has 0 amide bonds. The van der Waals surface area contributed by atoms with E-state index in [4.69, 9.17) is 0 Å². The number of carbonyl (C=O) groups excluding carboxylic acids is 1. The maximum atomic E-state index is 13.4. The summed E-state index contributed by atoms with van der Waals surface area (Å²) in [5.74, 6) is 0.701. The molecule has 0 spiro atoms. The smallest absolute Gasteiger partial charge is 0.180 e. The number of hydrogen-bond donors (Lipinski definition) is 1. The Morgan fingerprint density at radius 2 is 1.83 bits per heavy atom. The van der Waals surface area contributed by atoms with Gasteiger partial charge < -0.3 is 5.32 Å². The number of piperidine rings is 1. The average Bonchev–Trinajstić information content (AvgIpc) is 3.55. The SMILES string of the molecule is CCCc1ccc(Nc2ccc3c(c2)[C@@]2(C)CCN(C4CC4)[C@H](C3=O)[C@@H]2C)cc1. The Bertz CT molecular complexity index is 930. The van der Waals surface area contributed by atoms with Crippen LogP contribution in [0.15, 0.2) is 42.5 Å². The topological polar surface area (TPSA) is 32.3 Å². The molecule has 1 heterocycles. The molecule has 3 heteroatoms. The number of aryl methyl sites for hydroxylation is 1. The molecule has 2 fully saturated rings. The Balaban J connectivity index is 1.46. The first-order valence-electron chi connectivity index (χ1n) is 11.3. The van der Waals surface area contributed by atoms with Crippen molar-refractivity contribution in [3.05, 3.63) is 59.2 Å². The molecule has 1 aliphatic heterocycles. The van der Waals surface area contributed by atoms with Crippen LogP contribution < -0.4 is 5.32 Å². The van der Waals surface area contributed by atoms with Gasteiger partial charge >= 0.3 is 0 Å². The van der Waals surface area contributed by atoms with Gasteiger partial charge in [0, 0.05) is 29.5 Å². The van der Waals surface area contributed by atoms with E-state index in [1.807, 2.05) is 0 Å². The Morgan fingerprint density at radius 3 is 2.52 bits per heavy atom. The van der Waals surface area contributed by atoms with Crippen LogP contribution >= 0.6 is 0 Å². The molecule has 2 bridgehead atoms. The zero-order chi connectivity index (χ0) is 20.2. The maximum Gasteiger partial charge on any atom is 0.180 e. The van der Waals surface area contributed by atoms with Crippen LogP contribution in [0, 0.1) is 5.92 Å². The normalized spacial score (nSPS) is 28.9. The van der Waals surface area contributed by atoms with Crippen LogP contribution in [0.2, 0.25) is 0 Å². The van der Waals surface area contributed by atoms with Crippen molar-refractivity contribution in [2.45, 2.75) is 70.4 Å². The van der Waals surface area contributed by atoms with Crippen molar-refractivity contribution in [2.75, 3.05) is 11.9 Å². The first-order valence-corrected chi connectivity index (χ1v) is 11.3. The van der Waals surface area contributed by atoms with Crippen LogP contribution in [0.3, 0.4) is 0 Å². The quantitative estimate of drug-likeness (QED) is 0.712. The molecule has 2 aromatic carbocycles. The molecular weight excluding hydrogens is 356 g/mol. The molecule has 29 heavy (non-hydrogen) atoms. The molecule has 0 radical (unpaired) electrons. The summed E-state index contributed by atoms with van der Waals surface area (Å²) >= 11 is 0. The van der Waals surface area contributed by atoms with Crippen molar-refractivity contribution >= 4 is 17.2 Å². The maximum absolute atomic E-state index is 13.4. The molecule has 2 aromatic rings. The van der Waals surface area contributed by atoms with E-state index in [0.717, 1.165) is 36.3 Å². The molecule has 3 atom stereocenters. The largest absolute Gasteiger partial charge is 0.356 e. The van der Waals surface area contributed by atoms with Crippen LogP contribution in [-0.4, -0.2) is 29.3 Å². The summed E-state index contributed by atoms with van der Waals surface area (Å²) in [6, 6.07) is 15.8. The summed E-state index contributed by atoms with van der Waals surface area (Å²) in [5.41, 5.74) is 5.83. The molecule has 1 saturated heterocycles. The minimum atomic E-state index is 0.0682. The molecule has 5 rings (SSSR count). The average molecular weight is 389 g/mol. The second-order valence-corrected chi connectivity index (χ2v) is 9.57. The molecule has 152 valence electrons. The standard InChI is InChI=1S/C26H32N2O/c1-4-5-18-6-8-19(9-7-18)27-20-10-13-22-23(16-20)26(3)14-15-28(21-11-12-21)24(17(26)2)25(22)29/h6-10,13,16-17,21,24,27H,4-5,11-12,14-15H2,1-3H3/t17-,24-,26-/m0/s1. The van der Waals surface area contributed by atoms with E-state index < -0.39 is 0 Å². The van der Waals surface area contributed by atoms with Gasteiger partial charge in [0.15, 0.2) is 5.78 Å². The fourth-order valence-electron chi connectivity index (χ4n) is 5.62. The molecule has 0 aromatic heterocycles. The van der Waals surface area contributed by atoms with Gasteiger partial charge in [0.25, 0.3) is 0 Å². The highest BCUT2D eigenvalue weighted by Gasteiger charge is 2.54. The first-order chi connectivity index (χ1) is 14.0. The van der Waals surface area contributed by atoms with Crippen LogP contribution in [0.1, 0.15) is 67.9 Å². The number of hydrogen-bond acceptors (Lipinski definition) is 3. The summed E-state index contributed by atoms with van der Waals surface area (Å²) in [5, 5.41) is 3.56. The van der Waals surface area contributed by atoms with Crippen molar-refractivity contribution in [3.63, 3.8) is 0 Å². The monoisotopic (exact) mass is 388 g/mol. The Labute approximate surface area is 174 Å². The lowest BCUT2D eigenvalue weighted by Gasteiger charge is -2.53. The van der Waals surface area contributed by atoms with Crippen molar-refractivity contribution < 1.29 is 4.79 Å². The second kappa shape index (κ2) is 6.98. The summed E-state index contributed by atoms with van der Waals surface area (Å²) in [7, 11) is 0. The Hall–Kier alpha value is -2.13. The van der Waals surface area contributed by atoms with E-state index in [1.165, 1.54) is 30.4 Å². The van der Waals surface area contributed by atoms with Gasteiger partial charge in [-0.15, -0.1) is 0 Å². The predicted molar refractivity (Wildman–Crippen MR) is 119 cm³/mol. The van der Waals surface area contributed by atoms with E-state index in [9.17, 15) is 4.79 Å². The van der Waals surface area contributed by atoms with Crippen molar-refractivity contribution in [1.82, 2.24) is 4.90 Å². The van der Waals surface area contributed by atoms with E-state index >= 15 is 0 Å². The molecule has 2 aliphatic carbocycles. The second-order valence-electron chi connectivity index (χ2n) is 9.57. The number of fused-ring (bicyclic) bond motifs is 4. The van der Waals surface area contributed by atoms with Gasteiger partial charge in [-0.2, -0.15) is 0 Å². The van der Waals surface area contributed by atoms with Gasteiger partial charge in [-0.1, -0.05) is 39.3 Å². The predicted octanol–water partition coefficient (Wildman–Crippen LogP) is 5.71. The number of nitrogens with one attached hydrogen (secondary N) is 1. The third kappa shape index (κ3) is 3.11. The van der Waals surface area contributed by atoms with Gasteiger partial charge in [0.05, 0.1) is 6.04 Å². The summed E-state index contributed by atoms with van der Waals surface area (Å²) in [6.07, 6.45) is 5.95. The lowest BCUT2D eigenvalue weighted by molar-refractivity contribution is 0.0248. The lowest BCUT2D eigenvalue weighted by Crippen LogP contribution is -2.61. The van der Waals surface area contributed by atoms with E-state index in [0.29, 0.717) is 17.7 Å². The number of ketones is 1. The Morgan fingerprint density at radius 1 is 1.10 bits per heavy atom. The highest BCUT2D eigenvalue weighted by Crippen LogP contribution is 2.51. The minimum absolute atomic E-state index is 0.0682. The number of Topliss-reactive ketones (excluding diaryl/α,β-unsaturated/α-hetero) is 1. The Kier molecular flexibility index (Phi) is 4.54. The van der Waals surface area contributed by atoms with Crippen molar-refractivity contribution in [3.8, 4) is 0 Å².